The average molecular weight is 174 g/mol. The first-order chi connectivity index (χ1) is 5.51. The molecule has 0 saturated heterocycles. The predicted molar refractivity (Wildman–Crippen MR) is 46.8 cm³/mol. The Bertz CT molecular complexity index is 141. The molecule has 2 unspecified atom stereocenters. The number of aliphatic hydroxyl groups excluding tert-OH is 1. The van der Waals surface area contributed by atoms with Crippen LogP contribution in [-0.2, 0) is 4.79 Å². The fourth-order valence-electron chi connectivity index (χ4n) is 1.23. The fourth-order valence-corrected chi connectivity index (χ4v) is 1.23. The third-order valence-corrected chi connectivity index (χ3v) is 2.49. The summed E-state index contributed by atoms with van der Waals surface area (Å²) in [6.45, 7) is 5.20. The van der Waals surface area contributed by atoms with Crippen molar-refractivity contribution < 1.29 is 15.0 Å². The monoisotopic (exact) mass is 174 g/mol. The molecule has 2 atom stereocenters. The fraction of sp³-hybridized carbons (Fsp3) is 0.889. The molecule has 0 aliphatic carbocycles. The Morgan fingerprint density at radius 3 is 2.08 bits per heavy atom. The summed E-state index contributed by atoms with van der Waals surface area (Å²) in [6.07, 6.45) is 0.636. The second-order valence-electron chi connectivity index (χ2n) is 3.25. The Balaban J connectivity index is 4.39. The minimum Gasteiger partial charge on any atom is -0.389 e. The summed E-state index contributed by atoms with van der Waals surface area (Å²) in [5.41, 5.74) is -1.11. The van der Waals surface area contributed by atoms with E-state index in [0.29, 0.717) is 19.1 Å². The van der Waals surface area contributed by atoms with Gasteiger partial charge in [0.25, 0.3) is 0 Å². The van der Waals surface area contributed by atoms with Gasteiger partial charge in [-0.3, -0.25) is 0 Å². The summed E-state index contributed by atoms with van der Waals surface area (Å²) in [5, 5.41) is 19.3. The molecule has 0 rings (SSSR count). The zero-order valence-corrected chi connectivity index (χ0v) is 7.95. The van der Waals surface area contributed by atoms with Gasteiger partial charge in [0.1, 0.15) is 6.29 Å². The van der Waals surface area contributed by atoms with Gasteiger partial charge < -0.3 is 15.0 Å². The molecule has 12 heavy (non-hydrogen) atoms. The van der Waals surface area contributed by atoms with Crippen molar-refractivity contribution in [2.24, 2.45) is 5.92 Å². The Labute approximate surface area is 73.4 Å². The van der Waals surface area contributed by atoms with Crippen molar-refractivity contribution in [3.05, 3.63) is 0 Å². The molecule has 0 bridgehead atoms. The van der Waals surface area contributed by atoms with Crippen LogP contribution in [0.3, 0.4) is 0 Å². The summed E-state index contributed by atoms with van der Waals surface area (Å²) in [5.74, 6) is -0.505. The van der Waals surface area contributed by atoms with Crippen molar-refractivity contribution >= 4 is 6.29 Å². The molecule has 0 heterocycles. The zero-order chi connectivity index (χ0) is 9.78. The van der Waals surface area contributed by atoms with Gasteiger partial charge in [0.05, 0.1) is 11.7 Å². The molecule has 72 valence electrons. The Morgan fingerprint density at radius 1 is 1.42 bits per heavy atom. The highest BCUT2D eigenvalue weighted by Gasteiger charge is 2.35. The molecule has 3 heteroatoms. The molecule has 0 spiro atoms. The maximum absolute atomic E-state index is 10.4. The van der Waals surface area contributed by atoms with E-state index in [4.69, 9.17) is 0 Å². The standard InChI is InChI=1S/C9H18O3/c1-4-9(12,5-2)8(11)7(3)6-10/h6-8,11-12H,4-5H2,1-3H3. The lowest BCUT2D eigenvalue weighted by Gasteiger charge is -2.32. The van der Waals surface area contributed by atoms with Crippen LogP contribution in [0.5, 0.6) is 0 Å². The van der Waals surface area contributed by atoms with Gasteiger partial charge in [-0.05, 0) is 12.8 Å². The van der Waals surface area contributed by atoms with Crippen LogP contribution < -0.4 is 0 Å². The van der Waals surface area contributed by atoms with Gasteiger partial charge in [-0.15, -0.1) is 0 Å². The maximum Gasteiger partial charge on any atom is 0.125 e. The number of rotatable bonds is 5. The summed E-state index contributed by atoms with van der Waals surface area (Å²) in [7, 11) is 0. The Morgan fingerprint density at radius 2 is 1.83 bits per heavy atom. The highest BCUT2D eigenvalue weighted by atomic mass is 16.3. The SMILES string of the molecule is CCC(O)(CC)C(O)C(C)C=O. The highest BCUT2D eigenvalue weighted by Crippen LogP contribution is 2.23. The molecule has 0 aliphatic rings. The predicted octanol–water partition coefficient (Wildman–Crippen LogP) is 0.733. The molecule has 0 aromatic rings. The van der Waals surface area contributed by atoms with Gasteiger partial charge in [-0.1, -0.05) is 20.8 Å². The van der Waals surface area contributed by atoms with Crippen LogP contribution in [0.4, 0.5) is 0 Å². The van der Waals surface area contributed by atoms with Crippen LogP contribution >= 0.6 is 0 Å². The first-order valence-electron chi connectivity index (χ1n) is 4.37. The summed E-state index contributed by atoms with van der Waals surface area (Å²) in [6, 6.07) is 0. The second kappa shape index (κ2) is 4.58. The van der Waals surface area contributed by atoms with Crippen LogP contribution in [0.1, 0.15) is 33.6 Å². The van der Waals surface area contributed by atoms with Gasteiger partial charge in [0.15, 0.2) is 0 Å². The molecule has 0 aromatic carbocycles. The van der Waals surface area contributed by atoms with E-state index >= 15 is 0 Å². The summed E-state index contributed by atoms with van der Waals surface area (Å²) >= 11 is 0. The number of carbonyl (C=O) groups excluding carboxylic acids is 1. The number of hydrogen-bond acceptors (Lipinski definition) is 3. The van der Waals surface area contributed by atoms with Crippen LogP contribution in [0, 0.1) is 5.92 Å². The molecule has 3 nitrogen and oxygen atoms in total. The lowest BCUT2D eigenvalue weighted by atomic mass is 9.84. The molecule has 0 saturated carbocycles. The van der Waals surface area contributed by atoms with Crippen molar-refractivity contribution in [2.45, 2.75) is 45.3 Å². The minimum atomic E-state index is -1.11. The molecule has 0 fully saturated rings. The molecular formula is C9H18O3. The van der Waals surface area contributed by atoms with E-state index in [-0.39, 0.29) is 0 Å². The van der Waals surface area contributed by atoms with Gasteiger partial charge in [0, 0.05) is 5.92 Å². The first kappa shape index (κ1) is 11.6. The highest BCUT2D eigenvalue weighted by molar-refractivity contribution is 5.54. The van der Waals surface area contributed by atoms with Crippen molar-refractivity contribution in [3.8, 4) is 0 Å². The van der Waals surface area contributed by atoms with Crippen LogP contribution in [0.15, 0.2) is 0 Å². The number of hydrogen-bond donors (Lipinski definition) is 2. The minimum absolute atomic E-state index is 0.461. The van der Waals surface area contributed by atoms with Gasteiger partial charge in [0.2, 0.25) is 0 Å². The summed E-state index contributed by atoms with van der Waals surface area (Å²) in [4.78, 5) is 10.4. The van der Waals surface area contributed by atoms with Crippen LogP contribution in [-0.4, -0.2) is 28.2 Å². The number of aliphatic hydroxyl groups is 2. The van der Waals surface area contributed by atoms with E-state index in [0.717, 1.165) is 0 Å². The van der Waals surface area contributed by atoms with E-state index in [1.165, 1.54) is 0 Å². The van der Waals surface area contributed by atoms with Gasteiger partial charge in [-0.2, -0.15) is 0 Å². The average Bonchev–Trinajstić information content (AvgIpc) is 2.14. The molecule has 0 amide bonds. The normalized spacial score (nSPS) is 17.1. The lowest BCUT2D eigenvalue weighted by molar-refractivity contribution is -0.128. The summed E-state index contributed by atoms with van der Waals surface area (Å²) < 4.78 is 0. The quantitative estimate of drug-likeness (QED) is 0.604. The van der Waals surface area contributed by atoms with E-state index in [2.05, 4.69) is 0 Å². The first-order valence-corrected chi connectivity index (χ1v) is 4.37. The van der Waals surface area contributed by atoms with Crippen molar-refractivity contribution in [3.63, 3.8) is 0 Å². The van der Waals surface area contributed by atoms with E-state index in [1.54, 1.807) is 20.8 Å². The molecule has 2 N–H and O–H groups in total. The van der Waals surface area contributed by atoms with Crippen LogP contribution in [0.25, 0.3) is 0 Å². The van der Waals surface area contributed by atoms with E-state index < -0.39 is 17.6 Å². The van der Waals surface area contributed by atoms with Crippen LogP contribution in [0.2, 0.25) is 0 Å². The Kier molecular flexibility index (Phi) is 4.42. The van der Waals surface area contributed by atoms with Crippen molar-refractivity contribution in [2.75, 3.05) is 0 Å². The number of aldehydes is 1. The largest absolute Gasteiger partial charge is 0.389 e. The van der Waals surface area contributed by atoms with E-state index in [1.807, 2.05) is 0 Å². The van der Waals surface area contributed by atoms with Crippen molar-refractivity contribution in [1.29, 1.82) is 0 Å². The third kappa shape index (κ3) is 2.29. The lowest BCUT2D eigenvalue weighted by Crippen LogP contribution is -2.45. The maximum atomic E-state index is 10.4. The smallest absolute Gasteiger partial charge is 0.125 e. The van der Waals surface area contributed by atoms with Crippen molar-refractivity contribution in [1.82, 2.24) is 0 Å². The zero-order valence-electron chi connectivity index (χ0n) is 7.95. The molecule has 0 aromatic heterocycles. The molecule has 0 aliphatic heterocycles. The van der Waals surface area contributed by atoms with Gasteiger partial charge in [-0.25, -0.2) is 0 Å². The van der Waals surface area contributed by atoms with Gasteiger partial charge >= 0.3 is 0 Å². The Hall–Kier alpha value is -0.410. The number of carbonyl (C=O) groups is 1. The van der Waals surface area contributed by atoms with E-state index in [9.17, 15) is 15.0 Å². The third-order valence-electron chi connectivity index (χ3n) is 2.49. The molecular weight excluding hydrogens is 156 g/mol. The molecule has 0 radical (unpaired) electrons. The second-order valence-corrected chi connectivity index (χ2v) is 3.25. The topological polar surface area (TPSA) is 57.5 Å².